The molecule has 132 valence electrons. The Morgan fingerprint density at radius 1 is 1.41 bits per heavy atom. The third kappa shape index (κ3) is 16.6. The Morgan fingerprint density at radius 2 is 2.00 bits per heavy atom. The Bertz CT molecular complexity index is 353. The minimum absolute atomic E-state index is 0.338. The van der Waals surface area contributed by atoms with Gasteiger partial charge in [-0.2, -0.15) is 0 Å². The molecule has 2 rings (SSSR count). The standard InChI is InChI=1S/C6H12O2.C4H5N3O.2C2H6.CH4O/c1-7-5-6-3-2-4-8-6;5-3-1-2-6-4(8)7-3;3*1-2/h6H,2-5H2,1H3;1-2H,(H3,5,6,7,8);2*1-2H3;2H,1H3. The fourth-order valence-electron chi connectivity index (χ4n) is 1.34. The van der Waals surface area contributed by atoms with Gasteiger partial charge in [0.05, 0.1) is 12.7 Å². The molecule has 0 aromatic carbocycles. The summed E-state index contributed by atoms with van der Waals surface area (Å²) in [7, 11) is 2.71. The van der Waals surface area contributed by atoms with Crippen molar-refractivity contribution in [2.24, 2.45) is 0 Å². The highest BCUT2D eigenvalue weighted by molar-refractivity contribution is 5.22. The lowest BCUT2D eigenvalue weighted by atomic mass is 10.2. The number of methoxy groups -OCH3 is 1. The van der Waals surface area contributed by atoms with Crippen molar-refractivity contribution in [2.45, 2.75) is 46.6 Å². The number of ether oxygens (including phenoxy) is 2. The van der Waals surface area contributed by atoms with Crippen LogP contribution in [0.4, 0.5) is 5.82 Å². The van der Waals surface area contributed by atoms with Gasteiger partial charge in [0.25, 0.3) is 0 Å². The molecule has 0 amide bonds. The van der Waals surface area contributed by atoms with Crippen molar-refractivity contribution in [1.29, 1.82) is 0 Å². The van der Waals surface area contributed by atoms with Crippen molar-refractivity contribution in [3.63, 3.8) is 0 Å². The first kappa shape index (κ1) is 25.5. The number of H-pyrrole nitrogens is 1. The lowest BCUT2D eigenvalue weighted by Gasteiger charge is -2.05. The Hall–Kier alpha value is -1.44. The second-order valence-electron chi connectivity index (χ2n) is 3.42. The highest BCUT2D eigenvalue weighted by atomic mass is 16.5. The monoisotopic (exact) mass is 319 g/mol. The van der Waals surface area contributed by atoms with E-state index in [1.54, 1.807) is 7.11 Å². The molecule has 1 aliphatic rings. The summed E-state index contributed by atoms with van der Waals surface area (Å²) in [5, 5.41) is 7.00. The van der Waals surface area contributed by atoms with Gasteiger partial charge in [0.15, 0.2) is 0 Å². The molecule has 7 heteroatoms. The average Bonchev–Trinajstić information content (AvgIpc) is 3.07. The molecule has 0 saturated carbocycles. The predicted octanol–water partition coefficient (Wildman–Crippen LogP) is 1.82. The summed E-state index contributed by atoms with van der Waals surface area (Å²) < 4.78 is 10.2. The fraction of sp³-hybridized carbons (Fsp3) is 0.733. The molecule has 1 aromatic rings. The summed E-state index contributed by atoms with van der Waals surface area (Å²) >= 11 is 0. The van der Waals surface area contributed by atoms with Gasteiger partial charge in [-0.3, -0.25) is 4.98 Å². The third-order valence-electron chi connectivity index (χ3n) is 2.07. The molecule has 1 saturated heterocycles. The third-order valence-corrected chi connectivity index (χ3v) is 2.07. The van der Waals surface area contributed by atoms with Gasteiger partial charge in [0.1, 0.15) is 5.82 Å². The molecule has 0 aliphatic carbocycles. The summed E-state index contributed by atoms with van der Waals surface area (Å²) in [5.41, 5.74) is 4.75. The highest BCUT2D eigenvalue weighted by Gasteiger charge is 2.13. The number of aliphatic hydroxyl groups is 1. The van der Waals surface area contributed by atoms with Gasteiger partial charge in [-0.15, -0.1) is 0 Å². The fourth-order valence-corrected chi connectivity index (χ4v) is 1.34. The van der Waals surface area contributed by atoms with E-state index in [1.807, 2.05) is 27.7 Å². The Morgan fingerprint density at radius 3 is 2.32 bits per heavy atom. The van der Waals surface area contributed by atoms with Crippen LogP contribution in [0.25, 0.3) is 0 Å². The van der Waals surface area contributed by atoms with Crippen molar-refractivity contribution >= 4 is 5.82 Å². The summed E-state index contributed by atoms with van der Waals surface area (Å²) in [6.45, 7) is 9.69. The van der Waals surface area contributed by atoms with Crippen LogP contribution >= 0.6 is 0 Å². The van der Waals surface area contributed by atoms with Crippen LogP contribution in [0.15, 0.2) is 17.1 Å². The van der Waals surface area contributed by atoms with Crippen molar-refractivity contribution in [2.75, 3.05) is 33.2 Å². The maximum Gasteiger partial charge on any atom is 0.346 e. The molecular formula is C15H33N3O4. The number of rotatable bonds is 2. The van der Waals surface area contributed by atoms with Crippen LogP contribution in [-0.4, -0.2) is 48.6 Å². The second-order valence-corrected chi connectivity index (χ2v) is 3.42. The predicted molar refractivity (Wildman–Crippen MR) is 91.0 cm³/mol. The van der Waals surface area contributed by atoms with Crippen LogP contribution in [0.1, 0.15) is 40.5 Å². The second kappa shape index (κ2) is 21.9. The van der Waals surface area contributed by atoms with Crippen LogP contribution in [0.5, 0.6) is 0 Å². The molecular weight excluding hydrogens is 286 g/mol. The first-order chi connectivity index (χ1) is 10.7. The molecule has 0 radical (unpaired) electrons. The molecule has 0 spiro atoms. The van der Waals surface area contributed by atoms with Gasteiger partial charge in [0, 0.05) is 27.0 Å². The summed E-state index contributed by atoms with van der Waals surface area (Å²) in [5.74, 6) is 0.338. The number of aromatic nitrogens is 2. The SMILES string of the molecule is CC.CC.CO.COCC1CCCO1.Nc1ccnc(=O)[nH]1. The Labute approximate surface area is 133 Å². The topological polar surface area (TPSA) is 110 Å². The minimum Gasteiger partial charge on any atom is -0.400 e. The number of aliphatic hydroxyl groups excluding tert-OH is 1. The van der Waals surface area contributed by atoms with E-state index < -0.39 is 5.69 Å². The van der Waals surface area contributed by atoms with E-state index in [1.165, 1.54) is 25.1 Å². The van der Waals surface area contributed by atoms with E-state index >= 15 is 0 Å². The molecule has 7 nitrogen and oxygen atoms in total. The first-order valence-corrected chi connectivity index (χ1v) is 7.58. The zero-order valence-corrected chi connectivity index (χ0v) is 14.8. The van der Waals surface area contributed by atoms with E-state index in [9.17, 15) is 4.79 Å². The molecule has 1 atom stereocenters. The number of anilines is 1. The van der Waals surface area contributed by atoms with Crippen molar-refractivity contribution in [3.8, 4) is 0 Å². The van der Waals surface area contributed by atoms with Gasteiger partial charge in [-0.25, -0.2) is 9.78 Å². The van der Waals surface area contributed by atoms with Gasteiger partial charge in [-0.05, 0) is 18.9 Å². The van der Waals surface area contributed by atoms with E-state index in [2.05, 4.69) is 9.97 Å². The molecule has 4 N–H and O–H groups in total. The van der Waals surface area contributed by atoms with E-state index in [0.717, 1.165) is 20.3 Å². The zero-order chi connectivity index (χ0) is 17.8. The summed E-state index contributed by atoms with van der Waals surface area (Å²) in [6, 6.07) is 1.52. The van der Waals surface area contributed by atoms with Gasteiger partial charge in [0.2, 0.25) is 0 Å². The smallest absolute Gasteiger partial charge is 0.346 e. The number of nitrogens with zero attached hydrogens (tertiary/aromatic N) is 1. The van der Waals surface area contributed by atoms with Gasteiger partial charge < -0.3 is 20.3 Å². The molecule has 1 aromatic heterocycles. The number of nitrogens with one attached hydrogen (secondary N) is 1. The molecule has 22 heavy (non-hydrogen) atoms. The number of nitrogens with two attached hydrogens (primary N) is 1. The largest absolute Gasteiger partial charge is 0.400 e. The molecule has 2 heterocycles. The number of aromatic amines is 1. The van der Waals surface area contributed by atoms with Gasteiger partial charge >= 0.3 is 5.69 Å². The minimum atomic E-state index is -0.412. The Balaban J connectivity index is -0.000000246. The van der Waals surface area contributed by atoms with E-state index in [0.29, 0.717) is 11.9 Å². The highest BCUT2D eigenvalue weighted by Crippen LogP contribution is 2.11. The van der Waals surface area contributed by atoms with Crippen LogP contribution in [0.3, 0.4) is 0 Å². The van der Waals surface area contributed by atoms with Crippen LogP contribution in [0, 0.1) is 0 Å². The van der Waals surface area contributed by atoms with Crippen molar-refractivity contribution in [3.05, 3.63) is 22.7 Å². The number of hydrogen-bond acceptors (Lipinski definition) is 6. The van der Waals surface area contributed by atoms with Crippen LogP contribution < -0.4 is 11.4 Å². The lowest BCUT2D eigenvalue weighted by Crippen LogP contribution is -2.11. The van der Waals surface area contributed by atoms with Crippen molar-refractivity contribution in [1.82, 2.24) is 9.97 Å². The quantitative estimate of drug-likeness (QED) is 0.767. The summed E-state index contributed by atoms with van der Waals surface area (Å²) in [4.78, 5) is 15.9. The zero-order valence-electron chi connectivity index (χ0n) is 14.8. The normalized spacial score (nSPS) is 14.6. The maximum absolute atomic E-state index is 10.2. The van der Waals surface area contributed by atoms with Crippen LogP contribution in [0.2, 0.25) is 0 Å². The summed E-state index contributed by atoms with van der Waals surface area (Å²) in [6.07, 6.45) is 4.12. The van der Waals surface area contributed by atoms with Crippen LogP contribution in [-0.2, 0) is 9.47 Å². The number of hydrogen-bond donors (Lipinski definition) is 3. The average molecular weight is 319 g/mol. The van der Waals surface area contributed by atoms with Crippen molar-refractivity contribution < 1.29 is 14.6 Å². The van der Waals surface area contributed by atoms with E-state index in [-0.39, 0.29) is 0 Å². The maximum atomic E-state index is 10.2. The van der Waals surface area contributed by atoms with E-state index in [4.69, 9.17) is 20.3 Å². The first-order valence-electron chi connectivity index (χ1n) is 7.58. The lowest BCUT2D eigenvalue weighted by molar-refractivity contribution is 0.0380. The molecule has 1 aliphatic heterocycles. The molecule has 1 unspecified atom stereocenters. The van der Waals surface area contributed by atoms with Gasteiger partial charge in [-0.1, -0.05) is 27.7 Å². The molecule has 1 fully saturated rings. The number of nitrogen functional groups attached to an aromatic ring is 1. The molecule has 0 bridgehead atoms. The Kier molecular flexibility index (Phi) is 25.3.